The fraction of sp³-hybridized carbons (Fsp3) is 0.444. The van der Waals surface area contributed by atoms with Crippen LogP contribution in [0, 0.1) is 0 Å². The Hall–Kier alpha value is -1.69. The minimum Gasteiger partial charge on any atom is -0.392 e. The molecule has 6 heteroatoms. The quantitative estimate of drug-likeness (QED) is 0.651. The third kappa shape index (κ3) is 3.90. The lowest BCUT2D eigenvalue weighted by Crippen LogP contribution is -2.36. The van der Waals surface area contributed by atoms with E-state index in [-0.39, 0.29) is 19.0 Å². The van der Waals surface area contributed by atoms with Gasteiger partial charge in [0.1, 0.15) is 6.54 Å². The Morgan fingerprint density at radius 2 is 2.47 bits per heavy atom. The number of hydrogen-bond donors (Lipinski definition) is 2. The van der Waals surface area contributed by atoms with Crippen LogP contribution in [-0.2, 0) is 11.3 Å². The van der Waals surface area contributed by atoms with Crippen molar-refractivity contribution < 1.29 is 9.90 Å². The van der Waals surface area contributed by atoms with Crippen LogP contribution in [0.2, 0.25) is 0 Å². The Morgan fingerprint density at radius 1 is 1.73 bits per heavy atom. The van der Waals surface area contributed by atoms with E-state index < -0.39 is 11.8 Å². The van der Waals surface area contributed by atoms with Crippen LogP contribution in [-0.4, -0.2) is 33.2 Å². The summed E-state index contributed by atoms with van der Waals surface area (Å²) in [5.41, 5.74) is -0.468. The maximum Gasteiger partial charge on any atom is 0.347 e. The maximum absolute atomic E-state index is 11.3. The summed E-state index contributed by atoms with van der Waals surface area (Å²) in [7, 11) is 0. The number of carbonyl (C=O) groups excluding carboxylic acids is 1. The Bertz CT molecular complexity index is 386. The van der Waals surface area contributed by atoms with Gasteiger partial charge in [0, 0.05) is 18.9 Å². The van der Waals surface area contributed by atoms with Gasteiger partial charge in [0.2, 0.25) is 5.91 Å². The summed E-state index contributed by atoms with van der Waals surface area (Å²) >= 11 is 0. The molecule has 0 aromatic carbocycles. The number of carbonyl (C=O) groups is 1. The second-order valence-electron chi connectivity index (χ2n) is 3.18. The van der Waals surface area contributed by atoms with Gasteiger partial charge in [-0.1, -0.05) is 0 Å². The SMILES string of the molecule is C[C@@H](O)CNC(=O)Cn1cccnc1=O. The Kier molecular flexibility index (Phi) is 3.99. The number of hydrogen-bond acceptors (Lipinski definition) is 4. The Balaban J connectivity index is 2.52. The molecule has 1 heterocycles. The van der Waals surface area contributed by atoms with Crippen LogP contribution in [0.4, 0.5) is 0 Å². The van der Waals surface area contributed by atoms with Crippen molar-refractivity contribution in [2.45, 2.75) is 19.6 Å². The molecule has 0 unspecified atom stereocenters. The van der Waals surface area contributed by atoms with Crippen LogP contribution < -0.4 is 11.0 Å². The summed E-state index contributed by atoms with van der Waals surface area (Å²) < 4.78 is 1.19. The summed E-state index contributed by atoms with van der Waals surface area (Å²) in [6, 6.07) is 1.57. The molecule has 82 valence electrons. The highest BCUT2D eigenvalue weighted by Gasteiger charge is 2.04. The zero-order valence-electron chi connectivity index (χ0n) is 8.38. The summed E-state index contributed by atoms with van der Waals surface area (Å²) in [5.74, 6) is -0.328. The van der Waals surface area contributed by atoms with Crippen LogP contribution in [0.3, 0.4) is 0 Å². The lowest BCUT2D eigenvalue weighted by Gasteiger charge is -2.07. The number of amides is 1. The minimum atomic E-state index is -0.598. The third-order valence-corrected chi connectivity index (χ3v) is 1.69. The van der Waals surface area contributed by atoms with Crippen molar-refractivity contribution in [3.63, 3.8) is 0 Å². The molecule has 0 aliphatic carbocycles. The molecule has 0 spiro atoms. The van der Waals surface area contributed by atoms with Gasteiger partial charge in [-0.05, 0) is 13.0 Å². The van der Waals surface area contributed by atoms with Gasteiger partial charge in [-0.15, -0.1) is 0 Å². The molecule has 15 heavy (non-hydrogen) atoms. The third-order valence-electron chi connectivity index (χ3n) is 1.69. The minimum absolute atomic E-state index is 0.0839. The first-order chi connectivity index (χ1) is 7.09. The van der Waals surface area contributed by atoms with Crippen molar-refractivity contribution in [3.05, 3.63) is 28.9 Å². The highest BCUT2D eigenvalue weighted by Crippen LogP contribution is 1.81. The summed E-state index contributed by atoms with van der Waals surface area (Å²) in [5, 5.41) is 11.4. The van der Waals surface area contributed by atoms with Crippen molar-refractivity contribution in [1.29, 1.82) is 0 Å². The molecule has 2 N–H and O–H groups in total. The molecule has 1 aromatic rings. The number of aliphatic hydroxyl groups excluding tert-OH is 1. The molecule has 0 saturated carbocycles. The van der Waals surface area contributed by atoms with Crippen molar-refractivity contribution >= 4 is 5.91 Å². The van der Waals surface area contributed by atoms with E-state index in [0.717, 1.165) is 0 Å². The summed E-state index contributed by atoms with van der Waals surface area (Å²) in [6.45, 7) is 1.66. The van der Waals surface area contributed by atoms with E-state index in [0.29, 0.717) is 0 Å². The van der Waals surface area contributed by atoms with Crippen LogP contribution >= 0.6 is 0 Å². The van der Waals surface area contributed by atoms with Crippen LogP contribution in [0.5, 0.6) is 0 Å². The number of aromatic nitrogens is 2. The molecule has 0 bridgehead atoms. The summed E-state index contributed by atoms with van der Waals surface area (Å²) in [6.07, 6.45) is 2.25. The molecular weight excluding hydrogens is 198 g/mol. The van der Waals surface area contributed by atoms with Crippen molar-refractivity contribution in [2.75, 3.05) is 6.54 Å². The zero-order chi connectivity index (χ0) is 11.3. The van der Waals surface area contributed by atoms with E-state index in [9.17, 15) is 9.59 Å². The molecule has 0 aliphatic rings. The molecule has 6 nitrogen and oxygen atoms in total. The van der Waals surface area contributed by atoms with E-state index in [4.69, 9.17) is 5.11 Å². The lowest BCUT2D eigenvalue weighted by molar-refractivity contribution is -0.122. The molecule has 0 fully saturated rings. The van der Waals surface area contributed by atoms with Crippen LogP contribution in [0.15, 0.2) is 23.3 Å². The first kappa shape index (κ1) is 11.4. The predicted molar refractivity (Wildman–Crippen MR) is 53.2 cm³/mol. The monoisotopic (exact) mass is 211 g/mol. The van der Waals surface area contributed by atoms with Crippen molar-refractivity contribution in [1.82, 2.24) is 14.9 Å². The molecule has 1 atom stereocenters. The lowest BCUT2D eigenvalue weighted by atomic mass is 10.4. The topological polar surface area (TPSA) is 84.2 Å². The average Bonchev–Trinajstić information content (AvgIpc) is 2.18. The normalized spacial score (nSPS) is 12.1. The smallest absolute Gasteiger partial charge is 0.347 e. The van der Waals surface area contributed by atoms with Crippen molar-refractivity contribution in [3.8, 4) is 0 Å². The zero-order valence-corrected chi connectivity index (χ0v) is 8.38. The second-order valence-corrected chi connectivity index (χ2v) is 3.18. The van der Waals surface area contributed by atoms with Crippen LogP contribution in [0.25, 0.3) is 0 Å². The molecule has 1 amide bonds. The standard InChI is InChI=1S/C9H13N3O3/c1-7(13)5-11-8(14)6-12-4-2-3-10-9(12)15/h2-4,7,13H,5-6H2,1H3,(H,11,14)/t7-/m1/s1. The number of nitrogens with one attached hydrogen (secondary N) is 1. The molecule has 1 aromatic heterocycles. The van der Waals surface area contributed by atoms with E-state index >= 15 is 0 Å². The van der Waals surface area contributed by atoms with Gasteiger partial charge in [-0.2, -0.15) is 0 Å². The van der Waals surface area contributed by atoms with Gasteiger partial charge < -0.3 is 10.4 Å². The molecule has 0 aliphatic heterocycles. The molecule has 0 saturated heterocycles. The number of nitrogens with zero attached hydrogens (tertiary/aromatic N) is 2. The van der Waals surface area contributed by atoms with E-state index in [2.05, 4.69) is 10.3 Å². The highest BCUT2D eigenvalue weighted by molar-refractivity contribution is 5.75. The second kappa shape index (κ2) is 5.26. The van der Waals surface area contributed by atoms with E-state index in [1.165, 1.54) is 17.0 Å². The fourth-order valence-electron chi connectivity index (χ4n) is 0.980. The first-order valence-corrected chi connectivity index (χ1v) is 4.56. The summed E-state index contributed by atoms with van der Waals surface area (Å²) in [4.78, 5) is 25.9. The first-order valence-electron chi connectivity index (χ1n) is 4.56. The predicted octanol–water partition coefficient (Wildman–Crippen LogP) is -1.26. The van der Waals surface area contributed by atoms with Gasteiger partial charge in [-0.3, -0.25) is 9.36 Å². The van der Waals surface area contributed by atoms with Gasteiger partial charge in [-0.25, -0.2) is 9.78 Å². The van der Waals surface area contributed by atoms with Gasteiger partial charge in [0.05, 0.1) is 6.10 Å². The van der Waals surface area contributed by atoms with Gasteiger partial charge >= 0.3 is 5.69 Å². The number of aliphatic hydroxyl groups is 1. The molecular formula is C9H13N3O3. The van der Waals surface area contributed by atoms with Crippen LogP contribution in [0.1, 0.15) is 6.92 Å². The van der Waals surface area contributed by atoms with Gasteiger partial charge in [0.15, 0.2) is 0 Å². The Labute approximate surface area is 86.6 Å². The Morgan fingerprint density at radius 3 is 3.07 bits per heavy atom. The highest BCUT2D eigenvalue weighted by atomic mass is 16.3. The largest absolute Gasteiger partial charge is 0.392 e. The maximum atomic E-state index is 11.3. The van der Waals surface area contributed by atoms with E-state index in [1.54, 1.807) is 13.0 Å². The fourth-order valence-corrected chi connectivity index (χ4v) is 0.980. The number of rotatable bonds is 4. The molecule has 1 rings (SSSR count). The average molecular weight is 211 g/mol. The van der Waals surface area contributed by atoms with Gasteiger partial charge in [0.25, 0.3) is 0 Å². The van der Waals surface area contributed by atoms with E-state index in [1.807, 2.05) is 0 Å². The molecule has 0 radical (unpaired) electrons. The van der Waals surface area contributed by atoms with Crippen molar-refractivity contribution in [2.24, 2.45) is 0 Å².